The standard InChI is InChI=1S/C14H15ClN2O2S/c1-3-19-13(18)12-9(2)20-14(17-12)16-8-10-4-6-11(15)7-5-10/h4-7H,3,8H2,1-2H3,(H,16,17). The second kappa shape index (κ2) is 6.72. The maximum atomic E-state index is 11.7. The number of thiazole rings is 1. The van der Waals surface area contributed by atoms with Gasteiger partial charge in [-0.25, -0.2) is 9.78 Å². The molecule has 0 atom stereocenters. The Kier molecular flexibility index (Phi) is 4.98. The van der Waals surface area contributed by atoms with Crippen LogP contribution in [0.4, 0.5) is 5.13 Å². The van der Waals surface area contributed by atoms with Crippen molar-refractivity contribution in [1.29, 1.82) is 0 Å². The lowest BCUT2D eigenvalue weighted by molar-refractivity contribution is 0.0519. The first-order chi connectivity index (χ1) is 9.60. The van der Waals surface area contributed by atoms with Crippen LogP contribution in [0, 0.1) is 6.92 Å². The van der Waals surface area contributed by atoms with Crippen LogP contribution in [0.3, 0.4) is 0 Å². The number of rotatable bonds is 5. The van der Waals surface area contributed by atoms with Gasteiger partial charge in [0.25, 0.3) is 0 Å². The van der Waals surface area contributed by atoms with Crippen LogP contribution >= 0.6 is 22.9 Å². The van der Waals surface area contributed by atoms with Crippen molar-refractivity contribution in [3.05, 3.63) is 45.4 Å². The van der Waals surface area contributed by atoms with Gasteiger partial charge < -0.3 is 10.1 Å². The van der Waals surface area contributed by atoms with E-state index in [0.717, 1.165) is 10.4 Å². The molecule has 6 heteroatoms. The van der Waals surface area contributed by atoms with E-state index >= 15 is 0 Å². The zero-order valence-electron chi connectivity index (χ0n) is 11.3. The molecule has 0 fully saturated rings. The predicted molar refractivity (Wildman–Crippen MR) is 81.6 cm³/mol. The first-order valence-corrected chi connectivity index (χ1v) is 7.42. The molecule has 1 aromatic heterocycles. The van der Waals surface area contributed by atoms with Crippen LogP contribution in [0.15, 0.2) is 24.3 Å². The molecule has 0 saturated heterocycles. The number of hydrogen-bond donors (Lipinski definition) is 1. The molecule has 1 aromatic carbocycles. The van der Waals surface area contributed by atoms with Crippen molar-refractivity contribution in [2.45, 2.75) is 20.4 Å². The molecule has 1 N–H and O–H groups in total. The van der Waals surface area contributed by atoms with E-state index in [1.807, 2.05) is 31.2 Å². The summed E-state index contributed by atoms with van der Waals surface area (Å²) in [6, 6.07) is 7.58. The molecule has 0 aliphatic heterocycles. The van der Waals surface area contributed by atoms with E-state index < -0.39 is 0 Å². The van der Waals surface area contributed by atoms with Crippen LogP contribution in [0.5, 0.6) is 0 Å². The molecular weight excluding hydrogens is 296 g/mol. The summed E-state index contributed by atoms with van der Waals surface area (Å²) in [6.45, 7) is 4.62. The van der Waals surface area contributed by atoms with E-state index in [-0.39, 0.29) is 5.97 Å². The first-order valence-electron chi connectivity index (χ1n) is 6.23. The number of carbonyl (C=O) groups excluding carboxylic acids is 1. The fourth-order valence-corrected chi connectivity index (χ4v) is 2.56. The van der Waals surface area contributed by atoms with Gasteiger partial charge in [-0.15, -0.1) is 11.3 Å². The number of nitrogens with zero attached hydrogens (tertiary/aromatic N) is 1. The van der Waals surface area contributed by atoms with Crippen LogP contribution in [-0.2, 0) is 11.3 Å². The summed E-state index contributed by atoms with van der Waals surface area (Å²) in [5, 5.41) is 4.62. The third-order valence-electron chi connectivity index (χ3n) is 2.62. The highest BCUT2D eigenvalue weighted by molar-refractivity contribution is 7.15. The van der Waals surface area contributed by atoms with Crippen LogP contribution in [-0.4, -0.2) is 17.6 Å². The van der Waals surface area contributed by atoms with Crippen molar-refractivity contribution < 1.29 is 9.53 Å². The minimum absolute atomic E-state index is 0.351. The molecule has 4 nitrogen and oxygen atoms in total. The Balaban J connectivity index is 2.01. The molecule has 2 rings (SSSR count). The van der Waals surface area contributed by atoms with Crippen molar-refractivity contribution >= 4 is 34.0 Å². The number of aryl methyl sites for hydroxylation is 1. The summed E-state index contributed by atoms with van der Waals surface area (Å²) in [5.74, 6) is -0.374. The second-order valence-corrected chi connectivity index (χ2v) is 5.76. The monoisotopic (exact) mass is 310 g/mol. The molecule has 0 saturated carbocycles. The number of esters is 1. The van der Waals surface area contributed by atoms with E-state index in [1.54, 1.807) is 6.92 Å². The Hall–Kier alpha value is -1.59. The maximum absolute atomic E-state index is 11.7. The Morgan fingerprint density at radius 1 is 1.40 bits per heavy atom. The lowest BCUT2D eigenvalue weighted by Gasteiger charge is -2.02. The van der Waals surface area contributed by atoms with Gasteiger partial charge in [-0.05, 0) is 31.5 Å². The highest BCUT2D eigenvalue weighted by Gasteiger charge is 2.16. The van der Waals surface area contributed by atoms with Crippen LogP contribution in [0.2, 0.25) is 5.02 Å². The van der Waals surface area contributed by atoms with E-state index in [0.29, 0.717) is 29.0 Å². The second-order valence-electron chi connectivity index (χ2n) is 4.12. The number of ether oxygens (including phenoxy) is 1. The molecule has 0 radical (unpaired) electrons. The lowest BCUT2D eigenvalue weighted by atomic mass is 10.2. The number of aromatic nitrogens is 1. The first kappa shape index (κ1) is 14.8. The summed E-state index contributed by atoms with van der Waals surface area (Å²) in [4.78, 5) is 16.8. The molecule has 2 aromatic rings. The third kappa shape index (κ3) is 3.71. The number of anilines is 1. The molecule has 20 heavy (non-hydrogen) atoms. The van der Waals surface area contributed by atoms with Crippen LogP contribution in [0.1, 0.15) is 27.9 Å². The SMILES string of the molecule is CCOC(=O)c1nc(NCc2ccc(Cl)cc2)sc1C. The molecular formula is C14H15ClN2O2S. The largest absolute Gasteiger partial charge is 0.461 e. The smallest absolute Gasteiger partial charge is 0.358 e. The Morgan fingerprint density at radius 2 is 2.10 bits per heavy atom. The van der Waals surface area contributed by atoms with Crippen LogP contribution < -0.4 is 5.32 Å². The zero-order valence-corrected chi connectivity index (χ0v) is 12.8. The van der Waals surface area contributed by atoms with Gasteiger partial charge in [0.15, 0.2) is 10.8 Å². The molecule has 0 amide bonds. The van der Waals surface area contributed by atoms with Crippen LogP contribution in [0.25, 0.3) is 0 Å². The molecule has 0 aliphatic rings. The van der Waals surface area contributed by atoms with E-state index in [1.165, 1.54) is 11.3 Å². The average Bonchev–Trinajstić information content (AvgIpc) is 2.80. The van der Waals surface area contributed by atoms with Gasteiger partial charge in [0, 0.05) is 16.4 Å². The quantitative estimate of drug-likeness (QED) is 0.851. The van der Waals surface area contributed by atoms with Gasteiger partial charge in [0.05, 0.1) is 6.61 Å². The van der Waals surface area contributed by atoms with Gasteiger partial charge in [-0.2, -0.15) is 0 Å². The van der Waals surface area contributed by atoms with Crippen molar-refractivity contribution in [2.75, 3.05) is 11.9 Å². The number of halogens is 1. The Bertz CT molecular complexity index is 596. The van der Waals surface area contributed by atoms with Crippen molar-refractivity contribution in [2.24, 2.45) is 0 Å². The van der Waals surface area contributed by atoms with Crippen molar-refractivity contribution in [1.82, 2.24) is 4.98 Å². The molecule has 1 heterocycles. The molecule has 0 aliphatic carbocycles. The fourth-order valence-electron chi connectivity index (χ4n) is 1.64. The van der Waals surface area contributed by atoms with Gasteiger partial charge in [-0.3, -0.25) is 0 Å². The van der Waals surface area contributed by atoms with Gasteiger partial charge in [0.1, 0.15) is 0 Å². The minimum Gasteiger partial charge on any atom is -0.461 e. The van der Waals surface area contributed by atoms with Crippen molar-refractivity contribution in [3.63, 3.8) is 0 Å². The maximum Gasteiger partial charge on any atom is 0.358 e. The number of hydrogen-bond acceptors (Lipinski definition) is 5. The van der Waals surface area contributed by atoms with Crippen molar-refractivity contribution in [3.8, 4) is 0 Å². The fraction of sp³-hybridized carbons (Fsp3) is 0.286. The Morgan fingerprint density at radius 3 is 2.75 bits per heavy atom. The highest BCUT2D eigenvalue weighted by Crippen LogP contribution is 2.23. The van der Waals surface area contributed by atoms with Gasteiger partial charge in [-0.1, -0.05) is 23.7 Å². The lowest BCUT2D eigenvalue weighted by Crippen LogP contribution is -2.07. The normalized spacial score (nSPS) is 10.3. The van der Waals surface area contributed by atoms with E-state index in [4.69, 9.17) is 16.3 Å². The van der Waals surface area contributed by atoms with E-state index in [9.17, 15) is 4.79 Å². The number of nitrogens with one attached hydrogen (secondary N) is 1. The number of carbonyl (C=O) groups is 1. The highest BCUT2D eigenvalue weighted by atomic mass is 35.5. The average molecular weight is 311 g/mol. The van der Waals surface area contributed by atoms with E-state index in [2.05, 4.69) is 10.3 Å². The molecule has 0 spiro atoms. The summed E-state index contributed by atoms with van der Waals surface area (Å²) in [6.07, 6.45) is 0. The summed E-state index contributed by atoms with van der Waals surface area (Å²) < 4.78 is 4.96. The number of benzene rings is 1. The molecule has 106 valence electrons. The topological polar surface area (TPSA) is 51.2 Å². The van der Waals surface area contributed by atoms with Gasteiger partial charge >= 0.3 is 5.97 Å². The molecule has 0 bridgehead atoms. The predicted octanol–water partition coefficient (Wildman–Crippen LogP) is 3.89. The molecule has 0 unspecified atom stereocenters. The summed E-state index contributed by atoms with van der Waals surface area (Å²) in [7, 11) is 0. The zero-order chi connectivity index (χ0) is 14.5. The summed E-state index contributed by atoms with van der Waals surface area (Å²) in [5.41, 5.74) is 1.48. The minimum atomic E-state index is -0.374. The summed E-state index contributed by atoms with van der Waals surface area (Å²) >= 11 is 7.28. The third-order valence-corrected chi connectivity index (χ3v) is 3.80. The van der Waals surface area contributed by atoms with Gasteiger partial charge in [0.2, 0.25) is 0 Å². The Labute approximate surface area is 126 Å².